The Morgan fingerprint density at radius 1 is 1.13 bits per heavy atom. The van der Waals surface area contributed by atoms with Crippen LogP contribution in [0.4, 0.5) is 5.69 Å². The molecule has 1 fully saturated rings. The number of H-pyrrole nitrogens is 1. The minimum atomic E-state index is 0.0780. The van der Waals surface area contributed by atoms with Crippen LogP contribution in [0.5, 0.6) is 0 Å². The summed E-state index contributed by atoms with van der Waals surface area (Å²) < 4.78 is 0. The smallest absolute Gasteiger partial charge is 0.253 e. The Labute approximate surface area is 136 Å². The van der Waals surface area contributed by atoms with Gasteiger partial charge in [0.2, 0.25) is 0 Å². The molecule has 4 rings (SSSR count). The third-order valence-electron chi connectivity index (χ3n) is 5.23. The van der Waals surface area contributed by atoms with Gasteiger partial charge < -0.3 is 10.3 Å². The molecule has 0 bridgehead atoms. The fraction of sp³-hybridized carbons (Fsp3) is 0.526. The van der Waals surface area contributed by atoms with Crippen LogP contribution in [-0.4, -0.2) is 29.5 Å². The number of nitrogens with zero attached hydrogens (tertiary/aromatic N) is 1. The third-order valence-corrected chi connectivity index (χ3v) is 5.23. The number of aryl methyl sites for hydroxylation is 1. The lowest BCUT2D eigenvalue weighted by atomic mass is 9.97. The second-order valence-electron chi connectivity index (χ2n) is 7.01. The normalized spacial score (nSPS) is 18.7. The highest BCUT2D eigenvalue weighted by molar-refractivity contribution is 5.96. The molecular formula is C19H25N3O. The fourth-order valence-electron chi connectivity index (χ4n) is 4.13. The first-order valence-corrected chi connectivity index (χ1v) is 8.87. The van der Waals surface area contributed by atoms with Gasteiger partial charge in [-0.15, -0.1) is 0 Å². The number of rotatable bonds is 2. The quantitative estimate of drug-likeness (QED) is 0.895. The van der Waals surface area contributed by atoms with Crippen molar-refractivity contribution in [3.8, 4) is 0 Å². The van der Waals surface area contributed by atoms with E-state index < -0.39 is 0 Å². The van der Waals surface area contributed by atoms with Crippen LogP contribution in [-0.2, 0) is 13.0 Å². The van der Waals surface area contributed by atoms with E-state index >= 15 is 0 Å². The zero-order chi connectivity index (χ0) is 15.8. The van der Waals surface area contributed by atoms with Crippen LogP contribution in [0.1, 0.15) is 42.4 Å². The molecule has 0 saturated carbocycles. The Bertz CT molecular complexity index is 787. The van der Waals surface area contributed by atoms with Crippen molar-refractivity contribution in [2.75, 3.05) is 25.0 Å². The van der Waals surface area contributed by atoms with Crippen molar-refractivity contribution in [1.29, 1.82) is 0 Å². The summed E-state index contributed by atoms with van der Waals surface area (Å²) in [5.41, 5.74) is 5.62. The largest absolute Gasteiger partial charge is 0.384 e. The SMILES string of the molecule is Cc1cc(CN2CCCCC2)cc2[nH]c(=O)c3c(c12)NCCC3. The molecule has 4 nitrogen and oxygen atoms in total. The van der Waals surface area contributed by atoms with Crippen LogP contribution in [0, 0.1) is 6.92 Å². The fourth-order valence-corrected chi connectivity index (χ4v) is 4.13. The first-order chi connectivity index (χ1) is 11.2. The number of benzene rings is 1. The molecule has 3 heterocycles. The second-order valence-corrected chi connectivity index (χ2v) is 7.01. The molecule has 0 aliphatic carbocycles. The summed E-state index contributed by atoms with van der Waals surface area (Å²) in [6.45, 7) is 6.50. The molecule has 0 atom stereocenters. The molecule has 2 aromatic rings. The van der Waals surface area contributed by atoms with Crippen molar-refractivity contribution >= 4 is 16.6 Å². The van der Waals surface area contributed by atoms with Gasteiger partial charge in [-0.05, 0) is 62.9 Å². The van der Waals surface area contributed by atoms with Crippen molar-refractivity contribution < 1.29 is 0 Å². The maximum Gasteiger partial charge on any atom is 0.253 e. The van der Waals surface area contributed by atoms with Gasteiger partial charge in [0, 0.05) is 24.0 Å². The number of aromatic amines is 1. The molecule has 23 heavy (non-hydrogen) atoms. The predicted molar refractivity (Wildman–Crippen MR) is 95.2 cm³/mol. The van der Waals surface area contributed by atoms with E-state index in [1.165, 1.54) is 48.9 Å². The number of anilines is 1. The molecule has 0 radical (unpaired) electrons. The van der Waals surface area contributed by atoms with Crippen molar-refractivity contribution in [3.05, 3.63) is 39.2 Å². The summed E-state index contributed by atoms with van der Waals surface area (Å²) in [6, 6.07) is 4.47. The maximum atomic E-state index is 12.4. The number of piperidine rings is 1. The molecular weight excluding hydrogens is 286 g/mol. The van der Waals surface area contributed by atoms with Gasteiger partial charge in [-0.25, -0.2) is 0 Å². The molecule has 4 heteroatoms. The van der Waals surface area contributed by atoms with Crippen molar-refractivity contribution in [2.45, 2.75) is 45.6 Å². The monoisotopic (exact) mass is 311 g/mol. The van der Waals surface area contributed by atoms with Gasteiger partial charge in [0.05, 0.1) is 11.2 Å². The van der Waals surface area contributed by atoms with Gasteiger partial charge in [0.25, 0.3) is 5.56 Å². The number of hydrogen-bond donors (Lipinski definition) is 2. The van der Waals surface area contributed by atoms with Gasteiger partial charge in [-0.2, -0.15) is 0 Å². The van der Waals surface area contributed by atoms with E-state index in [1.807, 2.05) is 0 Å². The van der Waals surface area contributed by atoms with Crippen LogP contribution >= 0.6 is 0 Å². The van der Waals surface area contributed by atoms with Gasteiger partial charge >= 0.3 is 0 Å². The summed E-state index contributed by atoms with van der Waals surface area (Å²) >= 11 is 0. The minimum Gasteiger partial charge on any atom is -0.384 e. The Morgan fingerprint density at radius 2 is 1.96 bits per heavy atom. The molecule has 0 amide bonds. The summed E-state index contributed by atoms with van der Waals surface area (Å²) in [6.07, 6.45) is 5.89. The Kier molecular flexibility index (Phi) is 3.85. The first kappa shape index (κ1) is 14.8. The second kappa shape index (κ2) is 6.00. The molecule has 1 aromatic carbocycles. The lowest BCUT2D eigenvalue weighted by molar-refractivity contribution is 0.221. The Balaban J connectivity index is 1.76. The number of nitrogens with one attached hydrogen (secondary N) is 2. The topological polar surface area (TPSA) is 48.1 Å². The van der Waals surface area contributed by atoms with Crippen molar-refractivity contribution in [3.63, 3.8) is 0 Å². The Hall–Kier alpha value is -1.81. The van der Waals surface area contributed by atoms with Gasteiger partial charge in [-0.3, -0.25) is 9.69 Å². The average Bonchev–Trinajstić information content (AvgIpc) is 2.55. The number of hydrogen-bond acceptors (Lipinski definition) is 3. The predicted octanol–water partition coefficient (Wildman–Crippen LogP) is 3.18. The van der Waals surface area contributed by atoms with E-state index in [0.717, 1.165) is 42.7 Å². The zero-order valence-corrected chi connectivity index (χ0v) is 13.9. The van der Waals surface area contributed by atoms with Gasteiger partial charge in [0.1, 0.15) is 0 Å². The average molecular weight is 311 g/mol. The molecule has 2 aliphatic heterocycles. The van der Waals surface area contributed by atoms with Crippen molar-refractivity contribution in [2.24, 2.45) is 0 Å². The molecule has 1 aromatic heterocycles. The molecule has 1 saturated heterocycles. The van der Waals surface area contributed by atoms with E-state index in [4.69, 9.17) is 0 Å². The number of fused-ring (bicyclic) bond motifs is 3. The molecule has 2 N–H and O–H groups in total. The number of likely N-dealkylation sites (tertiary alicyclic amines) is 1. The molecule has 0 unspecified atom stereocenters. The number of pyridine rings is 1. The molecule has 2 aliphatic rings. The van der Waals surface area contributed by atoms with Crippen molar-refractivity contribution in [1.82, 2.24) is 9.88 Å². The summed E-state index contributed by atoms with van der Waals surface area (Å²) in [7, 11) is 0. The van der Waals surface area contributed by atoms with E-state index in [9.17, 15) is 4.79 Å². The Morgan fingerprint density at radius 3 is 2.78 bits per heavy atom. The zero-order valence-electron chi connectivity index (χ0n) is 13.9. The van der Waals surface area contributed by atoms with Crippen LogP contribution in [0.25, 0.3) is 10.9 Å². The highest BCUT2D eigenvalue weighted by Gasteiger charge is 2.18. The van der Waals surface area contributed by atoms with Crippen LogP contribution < -0.4 is 10.9 Å². The summed E-state index contributed by atoms with van der Waals surface area (Å²) in [4.78, 5) is 18.0. The van der Waals surface area contributed by atoms with E-state index in [1.54, 1.807) is 0 Å². The standard InChI is InChI=1S/C19H25N3O/c1-13-10-14(12-22-8-3-2-4-9-22)11-16-17(13)18-15(19(23)21-16)6-5-7-20-18/h10-11,20H,2-9,12H2,1H3,(H,21,23). The van der Waals surface area contributed by atoms with E-state index in [0.29, 0.717) is 0 Å². The van der Waals surface area contributed by atoms with E-state index in [2.05, 4.69) is 34.3 Å². The lowest BCUT2D eigenvalue weighted by Crippen LogP contribution is -2.29. The summed E-state index contributed by atoms with van der Waals surface area (Å²) in [5.74, 6) is 0. The first-order valence-electron chi connectivity index (χ1n) is 8.87. The minimum absolute atomic E-state index is 0.0780. The summed E-state index contributed by atoms with van der Waals surface area (Å²) in [5, 5.41) is 4.65. The molecule has 0 spiro atoms. The third kappa shape index (κ3) is 2.76. The van der Waals surface area contributed by atoms with Gasteiger partial charge in [-0.1, -0.05) is 12.5 Å². The lowest BCUT2D eigenvalue weighted by Gasteiger charge is -2.27. The van der Waals surface area contributed by atoms with E-state index in [-0.39, 0.29) is 5.56 Å². The maximum absolute atomic E-state index is 12.4. The molecule has 122 valence electrons. The highest BCUT2D eigenvalue weighted by atomic mass is 16.1. The number of aromatic nitrogens is 1. The van der Waals surface area contributed by atoms with Crippen LogP contribution in [0.2, 0.25) is 0 Å². The highest BCUT2D eigenvalue weighted by Crippen LogP contribution is 2.31. The van der Waals surface area contributed by atoms with Gasteiger partial charge in [0.15, 0.2) is 0 Å². The van der Waals surface area contributed by atoms with Crippen LogP contribution in [0.15, 0.2) is 16.9 Å². The van der Waals surface area contributed by atoms with Crippen LogP contribution in [0.3, 0.4) is 0 Å².